The Kier molecular flexibility index (Phi) is 6.15. The molecule has 0 saturated heterocycles. The van der Waals surface area contributed by atoms with Gasteiger partial charge in [-0.05, 0) is 68.5 Å². The highest BCUT2D eigenvalue weighted by Crippen LogP contribution is 2.38. The van der Waals surface area contributed by atoms with Crippen molar-refractivity contribution >= 4 is 15.9 Å². The molecule has 2 aromatic carbocycles. The maximum Gasteiger partial charge on any atom is 0.253 e. The molecule has 1 amide bonds. The Bertz CT molecular complexity index is 934. The van der Waals surface area contributed by atoms with Gasteiger partial charge >= 0.3 is 0 Å². The van der Waals surface area contributed by atoms with Crippen LogP contribution in [0.25, 0.3) is 0 Å². The topological polar surface area (TPSA) is 66.5 Å². The third kappa shape index (κ3) is 4.25. The van der Waals surface area contributed by atoms with E-state index in [0.29, 0.717) is 37.1 Å². The van der Waals surface area contributed by atoms with E-state index in [4.69, 9.17) is 0 Å². The molecular formula is C21H25FN2O3S. The number of rotatable bonds is 7. The van der Waals surface area contributed by atoms with Crippen LogP contribution in [0.4, 0.5) is 4.39 Å². The lowest BCUT2D eigenvalue weighted by atomic mass is 9.76. The third-order valence-corrected chi connectivity index (χ3v) is 6.80. The summed E-state index contributed by atoms with van der Waals surface area (Å²) in [6, 6.07) is 12.4. The summed E-state index contributed by atoms with van der Waals surface area (Å²) in [4.78, 5) is 14.1. The highest BCUT2D eigenvalue weighted by molar-refractivity contribution is 7.89. The largest absolute Gasteiger partial charge is 0.339 e. The first-order valence-electron chi connectivity index (χ1n) is 9.51. The SMILES string of the molecule is CCN(CC)C(=O)c1ccc(S(=O)(=O)NC2CC(c3ccccc3F)C2)cc1. The van der Waals surface area contributed by atoms with Gasteiger partial charge in [0, 0.05) is 24.7 Å². The molecule has 2 aromatic rings. The quantitative estimate of drug-likeness (QED) is 0.768. The Hall–Kier alpha value is -2.25. The molecule has 5 nitrogen and oxygen atoms in total. The molecule has 150 valence electrons. The van der Waals surface area contributed by atoms with E-state index in [1.165, 1.54) is 30.3 Å². The summed E-state index contributed by atoms with van der Waals surface area (Å²) >= 11 is 0. The van der Waals surface area contributed by atoms with Gasteiger partial charge in [0.05, 0.1) is 4.90 Å². The van der Waals surface area contributed by atoms with Gasteiger partial charge in [-0.3, -0.25) is 4.79 Å². The van der Waals surface area contributed by atoms with Gasteiger partial charge < -0.3 is 4.90 Å². The van der Waals surface area contributed by atoms with Crippen LogP contribution in [0.2, 0.25) is 0 Å². The molecule has 7 heteroatoms. The standard InChI is InChI=1S/C21H25FN2O3S/c1-3-24(4-2)21(25)15-9-11-18(12-10-15)28(26,27)23-17-13-16(14-17)19-7-5-6-8-20(19)22/h5-12,16-17,23H,3-4,13-14H2,1-2H3. The molecule has 0 atom stereocenters. The molecule has 0 aromatic heterocycles. The van der Waals surface area contributed by atoms with Crippen molar-refractivity contribution in [3.05, 3.63) is 65.5 Å². The molecule has 0 spiro atoms. The molecular weight excluding hydrogens is 379 g/mol. The predicted molar refractivity (Wildman–Crippen MR) is 106 cm³/mol. The van der Waals surface area contributed by atoms with Crippen LogP contribution >= 0.6 is 0 Å². The van der Waals surface area contributed by atoms with E-state index in [1.54, 1.807) is 23.1 Å². The molecule has 0 bridgehead atoms. The average molecular weight is 405 g/mol. The van der Waals surface area contributed by atoms with Crippen molar-refractivity contribution in [2.24, 2.45) is 0 Å². The number of carbonyl (C=O) groups excluding carboxylic acids is 1. The third-order valence-electron chi connectivity index (χ3n) is 5.27. The van der Waals surface area contributed by atoms with E-state index < -0.39 is 10.0 Å². The number of hydrogen-bond donors (Lipinski definition) is 1. The molecule has 28 heavy (non-hydrogen) atoms. The fourth-order valence-electron chi connectivity index (χ4n) is 3.53. The van der Waals surface area contributed by atoms with Crippen LogP contribution in [-0.2, 0) is 10.0 Å². The summed E-state index contributed by atoms with van der Waals surface area (Å²) in [6.45, 7) is 5.00. The highest BCUT2D eigenvalue weighted by atomic mass is 32.2. The Morgan fingerprint density at radius 2 is 1.68 bits per heavy atom. The van der Waals surface area contributed by atoms with Crippen molar-refractivity contribution in [1.82, 2.24) is 9.62 Å². The minimum absolute atomic E-state index is 0.0305. The van der Waals surface area contributed by atoms with Gasteiger partial charge in [0.2, 0.25) is 10.0 Å². The van der Waals surface area contributed by atoms with Crippen molar-refractivity contribution in [1.29, 1.82) is 0 Å². The second-order valence-corrected chi connectivity index (χ2v) is 8.72. The monoisotopic (exact) mass is 404 g/mol. The molecule has 0 aliphatic heterocycles. The van der Waals surface area contributed by atoms with E-state index >= 15 is 0 Å². The zero-order valence-corrected chi connectivity index (χ0v) is 16.9. The van der Waals surface area contributed by atoms with Crippen LogP contribution in [0.15, 0.2) is 53.4 Å². The lowest BCUT2D eigenvalue weighted by Crippen LogP contribution is -2.43. The van der Waals surface area contributed by atoms with Crippen molar-refractivity contribution < 1.29 is 17.6 Å². The average Bonchev–Trinajstić information content (AvgIpc) is 2.66. The van der Waals surface area contributed by atoms with Gasteiger partial charge in [0.1, 0.15) is 5.82 Å². The lowest BCUT2D eigenvalue weighted by molar-refractivity contribution is 0.0773. The second kappa shape index (κ2) is 8.41. The van der Waals surface area contributed by atoms with Crippen LogP contribution in [0.5, 0.6) is 0 Å². The Labute approximate surface area is 165 Å². The molecule has 1 fully saturated rings. The van der Waals surface area contributed by atoms with Gasteiger partial charge in [0.15, 0.2) is 0 Å². The normalized spacial score (nSPS) is 19.1. The Balaban J connectivity index is 1.63. The lowest BCUT2D eigenvalue weighted by Gasteiger charge is -2.36. The summed E-state index contributed by atoms with van der Waals surface area (Å²) in [6.07, 6.45) is 1.14. The Morgan fingerprint density at radius 1 is 1.07 bits per heavy atom. The highest BCUT2D eigenvalue weighted by Gasteiger charge is 2.34. The first-order chi connectivity index (χ1) is 13.4. The van der Waals surface area contributed by atoms with E-state index in [1.807, 2.05) is 13.8 Å². The minimum atomic E-state index is -3.68. The number of amides is 1. The van der Waals surface area contributed by atoms with E-state index in [0.717, 1.165) is 0 Å². The molecule has 1 N–H and O–H groups in total. The van der Waals surface area contributed by atoms with Crippen molar-refractivity contribution in [3.8, 4) is 0 Å². The van der Waals surface area contributed by atoms with E-state index in [2.05, 4.69) is 4.72 Å². The fourth-order valence-corrected chi connectivity index (χ4v) is 4.79. The van der Waals surface area contributed by atoms with Gasteiger partial charge in [-0.2, -0.15) is 0 Å². The number of nitrogens with one attached hydrogen (secondary N) is 1. The summed E-state index contributed by atoms with van der Waals surface area (Å²) < 4.78 is 41.7. The van der Waals surface area contributed by atoms with Crippen LogP contribution in [0.3, 0.4) is 0 Å². The number of carbonyl (C=O) groups is 1. The fraction of sp³-hybridized carbons (Fsp3) is 0.381. The smallest absolute Gasteiger partial charge is 0.253 e. The van der Waals surface area contributed by atoms with Gasteiger partial charge in [0.25, 0.3) is 5.91 Å². The van der Waals surface area contributed by atoms with Crippen molar-refractivity contribution in [2.75, 3.05) is 13.1 Å². The first-order valence-corrected chi connectivity index (χ1v) is 11.0. The van der Waals surface area contributed by atoms with Crippen LogP contribution in [0, 0.1) is 5.82 Å². The maximum absolute atomic E-state index is 13.8. The number of halogens is 1. The zero-order valence-electron chi connectivity index (χ0n) is 16.1. The molecule has 0 unspecified atom stereocenters. The van der Waals surface area contributed by atoms with Gasteiger partial charge in [-0.1, -0.05) is 18.2 Å². The molecule has 1 aliphatic carbocycles. The second-order valence-electron chi connectivity index (χ2n) is 7.01. The summed E-state index contributed by atoms with van der Waals surface area (Å²) in [7, 11) is -3.68. The summed E-state index contributed by atoms with van der Waals surface area (Å²) in [5, 5.41) is 0. The molecule has 0 heterocycles. The van der Waals surface area contributed by atoms with Crippen molar-refractivity contribution in [3.63, 3.8) is 0 Å². The number of sulfonamides is 1. The van der Waals surface area contributed by atoms with Gasteiger partial charge in [-0.15, -0.1) is 0 Å². The molecule has 0 radical (unpaired) electrons. The first kappa shape index (κ1) is 20.5. The minimum Gasteiger partial charge on any atom is -0.339 e. The molecule has 3 rings (SSSR count). The summed E-state index contributed by atoms with van der Waals surface area (Å²) in [5.41, 5.74) is 1.10. The number of hydrogen-bond acceptors (Lipinski definition) is 3. The zero-order chi connectivity index (χ0) is 20.3. The van der Waals surface area contributed by atoms with Crippen LogP contribution in [-0.4, -0.2) is 38.4 Å². The Morgan fingerprint density at radius 3 is 2.25 bits per heavy atom. The number of nitrogens with zero attached hydrogens (tertiary/aromatic N) is 1. The van der Waals surface area contributed by atoms with E-state index in [-0.39, 0.29) is 28.6 Å². The molecule has 1 saturated carbocycles. The van der Waals surface area contributed by atoms with Gasteiger partial charge in [-0.25, -0.2) is 17.5 Å². The van der Waals surface area contributed by atoms with Crippen molar-refractivity contribution in [2.45, 2.75) is 43.5 Å². The predicted octanol–water partition coefficient (Wildman–Crippen LogP) is 3.53. The van der Waals surface area contributed by atoms with Crippen LogP contribution in [0.1, 0.15) is 48.5 Å². The number of benzene rings is 2. The maximum atomic E-state index is 13.8. The van der Waals surface area contributed by atoms with Crippen LogP contribution < -0.4 is 4.72 Å². The summed E-state index contributed by atoms with van der Waals surface area (Å²) in [5.74, 6) is -0.334. The molecule has 1 aliphatic rings. The van der Waals surface area contributed by atoms with E-state index in [9.17, 15) is 17.6 Å².